The maximum absolute atomic E-state index is 14.1. The van der Waals surface area contributed by atoms with Gasteiger partial charge in [-0.2, -0.15) is 5.10 Å². The van der Waals surface area contributed by atoms with E-state index < -0.39 is 0 Å². The Balaban J connectivity index is 2.41. The Morgan fingerprint density at radius 3 is 2.89 bits per heavy atom. The number of benzene rings is 1. The first-order valence-electron chi connectivity index (χ1n) is 6.35. The zero-order chi connectivity index (χ0) is 13.8. The normalized spacial score (nSPS) is 12.6. The average Bonchev–Trinajstić information content (AvgIpc) is 2.82. The molecule has 0 saturated carbocycles. The van der Waals surface area contributed by atoms with Crippen LogP contribution in [0.2, 0.25) is 0 Å². The molecule has 1 atom stereocenters. The molecule has 19 heavy (non-hydrogen) atoms. The van der Waals surface area contributed by atoms with E-state index in [1.54, 1.807) is 16.9 Å². The van der Waals surface area contributed by atoms with Gasteiger partial charge in [0, 0.05) is 12.2 Å². The van der Waals surface area contributed by atoms with Crippen LogP contribution in [0.15, 0.2) is 30.6 Å². The van der Waals surface area contributed by atoms with E-state index in [9.17, 15) is 4.39 Å². The summed E-state index contributed by atoms with van der Waals surface area (Å²) in [6, 6.07) is 5.25. The van der Waals surface area contributed by atoms with Gasteiger partial charge in [-0.15, -0.1) is 0 Å². The first-order valence-corrected chi connectivity index (χ1v) is 7.43. The highest BCUT2D eigenvalue weighted by atomic mass is 127. The SMILES string of the molecule is CCCNC(C)c1cccc(F)c1-n1cc(I)cn1. The van der Waals surface area contributed by atoms with Crippen molar-refractivity contribution in [3.63, 3.8) is 0 Å². The fourth-order valence-electron chi connectivity index (χ4n) is 2.02. The second-order valence-electron chi connectivity index (χ2n) is 4.46. The Labute approximate surface area is 126 Å². The lowest BCUT2D eigenvalue weighted by atomic mass is 10.1. The molecule has 1 heterocycles. The van der Waals surface area contributed by atoms with Crippen molar-refractivity contribution in [1.82, 2.24) is 15.1 Å². The molecule has 0 bridgehead atoms. The lowest BCUT2D eigenvalue weighted by Crippen LogP contribution is -2.21. The van der Waals surface area contributed by atoms with Gasteiger partial charge in [0.15, 0.2) is 0 Å². The van der Waals surface area contributed by atoms with Crippen molar-refractivity contribution in [3.05, 3.63) is 45.5 Å². The summed E-state index contributed by atoms with van der Waals surface area (Å²) in [6.45, 7) is 5.07. The van der Waals surface area contributed by atoms with Gasteiger partial charge in [0.1, 0.15) is 11.5 Å². The minimum atomic E-state index is -0.248. The summed E-state index contributed by atoms with van der Waals surface area (Å²) in [6.07, 6.45) is 4.60. The molecular weight excluding hydrogens is 356 g/mol. The molecule has 0 aliphatic carbocycles. The van der Waals surface area contributed by atoms with Crippen LogP contribution in [-0.2, 0) is 0 Å². The maximum Gasteiger partial charge on any atom is 0.149 e. The molecule has 0 spiro atoms. The number of nitrogens with one attached hydrogen (secondary N) is 1. The molecule has 102 valence electrons. The van der Waals surface area contributed by atoms with Gasteiger partial charge >= 0.3 is 0 Å². The second kappa shape index (κ2) is 6.47. The van der Waals surface area contributed by atoms with E-state index in [-0.39, 0.29) is 11.9 Å². The minimum Gasteiger partial charge on any atom is -0.310 e. The molecule has 1 aromatic carbocycles. The van der Waals surface area contributed by atoms with Gasteiger partial charge in [0.05, 0.1) is 9.77 Å². The molecule has 1 unspecified atom stereocenters. The summed E-state index contributed by atoms with van der Waals surface area (Å²) in [5.74, 6) is -0.248. The highest BCUT2D eigenvalue weighted by Crippen LogP contribution is 2.24. The van der Waals surface area contributed by atoms with Crippen molar-refractivity contribution in [1.29, 1.82) is 0 Å². The molecule has 3 nitrogen and oxygen atoms in total. The summed E-state index contributed by atoms with van der Waals surface area (Å²) < 4.78 is 16.7. The third kappa shape index (κ3) is 3.33. The van der Waals surface area contributed by atoms with Crippen molar-refractivity contribution in [2.24, 2.45) is 0 Å². The average molecular weight is 373 g/mol. The summed E-state index contributed by atoms with van der Waals surface area (Å²) in [7, 11) is 0. The number of nitrogens with zero attached hydrogens (tertiary/aromatic N) is 2. The lowest BCUT2D eigenvalue weighted by Gasteiger charge is -2.18. The van der Waals surface area contributed by atoms with Gasteiger partial charge in [-0.25, -0.2) is 9.07 Å². The van der Waals surface area contributed by atoms with E-state index in [1.165, 1.54) is 6.07 Å². The zero-order valence-electron chi connectivity index (χ0n) is 11.0. The van der Waals surface area contributed by atoms with Crippen LogP contribution >= 0.6 is 22.6 Å². The molecule has 1 N–H and O–H groups in total. The van der Waals surface area contributed by atoms with E-state index in [4.69, 9.17) is 0 Å². The van der Waals surface area contributed by atoms with Crippen LogP contribution in [0.4, 0.5) is 4.39 Å². The van der Waals surface area contributed by atoms with Gasteiger partial charge in [0.25, 0.3) is 0 Å². The molecular formula is C14H17FIN3. The number of rotatable bonds is 5. The number of hydrogen-bond donors (Lipinski definition) is 1. The molecule has 0 aliphatic rings. The fraction of sp³-hybridized carbons (Fsp3) is 0.357. The van der Waals surface area contributed by atoms with Crippen LogP contribution in [0.5, 0.6) is 0 Å². The predicted octanol–water partition coefficient (Wildman–Crippen LogP) is 3.68. The van der Waals surface area contributed by atoms with Crippen molar-refractivity contribution in [2.75, 3.05) is 6.54 Å². The molecule has 2 aromatic rings. The second-order valence-corrected chi connectivity index (χ2v) is 5.70. The third-order valence-corrected chi connectivity index (χ3v) is 3.52. The molecule has 0 saturated heterocycles. The van der Waals surface area contributed by atoms with E-state index in [1.807, 2.05) is 19.2 Å². The Morgan fingerprint density at radius 2 is 2.26 bits per heavy atom. The molecule has 0 aliphatic heterocycles. The van der Waals surface area contributed by atoms with Crippen molar-refractivity contribution in [3.8, 4) is 5.69 Å². The predicted molar refractivity (Wildman–Crippen MR) is 82.9 cm³/mol. The zero-order valence-corrected chi connectivity index (χ0v) is 13.2. The van der Waals surface area contributed by atoms with Crippen molar-refractivity contribution in [2.45, 2.75) is 26.3 Å². The van der Waals surface area contributed by atoms with Crippen molar-refractivity contribution < 1.29 is 4.39 Å². The molecule has 0 fully saturated rings. The molecule has 0 radical (unpaired) electrons. The summed E-state index contributed by atoms with van der Waals surface area (Å²) in [4.78, 5) is 0. The van der Waals surface area contributed by atoms with E-state index in [2.05, 4.69) is 39.9 Å². The number of aromatic nitrogens is 2. The third-order valence-electron chi connectivity index (χ3n) is 2.97. The highest BCUT2D eigenvalue weighted by Gasteiger charge is 2.16. The summed E-state index contributed by atoms with van der Waals surface area (Å²) in [5.41, 5.74) is 1.45. The Morgan fingerprint density at radius 1 is 1.47 bits per heavy atom. The topological polar surface area (TPSA) is 29.9 Å². The van der Waals surface area contributed by atoms with Crippen LogP contribution in [0.3, 0.4) is 0 Å². The lowest BCUT2D eigenvalue weighted by molar-refractivity contribution is 0.553. The Bertz CT molecular complexity index is 553. The van der Waals surface area contributed by atoms with E-state index in [0.29, 0.717) is 5.69 Å². The fourth-order valence-corrected chi connectivity index (χ4v) is 2.41. The van der Waals surface area contributed by atoms with Crippen LogP contribution in [0, 0.1) is 9.39 Å². The summed E-state index contributed by atoms with van der Waals surface area (Å²) >= 11 is 2.17. The van der Waals surface area contributed by atoms with Crippen LogP contribution in [0.1, 0.15) is 31.9 Å². The Hall–Kier alpha value is -0.950. The number of para-hydroxylation sites is 1. The van der Waals surface area contributed by atoms with E-state index >= 15 is 0 Å². The monoisotopic (exact) mass is 373 g/mol. The molecule has 1 aromatic heterocycles. The molecule has 0 amide bonds. The van der Waals surface area contributed by atoms with Crippen molar-refractivity contribution >= 4 is 22.6 Å². The highest BCUT2D eigenvalue weighted by molar-refractivity contribution is 14.1. The minimum absolute atomic E-state index is 0.0903. The summed E-state index contributed by atoms with van der Waals surface area (Å²) in [5, 5.41) is 7.59. The van der Waals surface area contributed by atoms with Gasteiger partial charge in [-0.1, -0.05) is 19.1 Å². The van der Waals surface area contributed by atoms with Crippen LogP contribution < -0.4 is 5.32 Å². The standard InChI is InChI=1S/C14H17FIN3/c1-3-7-17-10(2)12-5-4-6-13(15)14(12)19-9-11(16)8-18-19/h4-6,8-10,17H,3,7H2,1-2H3. The quantitative estimate of drug-likeness (QED) is 0.811. The van der Waals surface area contributed by atoms with E-state index in [0.717, 1.165) is 22.1 Å². The van der Waals surface area contributed by atoms with Gasteiger partial charge in [-0.05, 0) is 54.1 Å². The first-order chi connectivity index (χ1) is 9.13. The number of halogens is 2. The largest absolute Gasteiger partial charge is 0.310 e. The maximum atomic E-state index is 14.1. The number of hydrogen-bond acceptors (Lipinski definition) is 2. The first kappa shape index (κ1) is 14.5. The molecule has 5 heteroatoms. The Kier molecular flexibility index (Phi) is 4.93. The van der Waals surface area contributed by atoms with Gasteiger partial charge in [0.2, 0.25) is 0 Å². The smallest absolute Gasteiger partial charge is 0.149 e. The van der Waals surface area contributed by atoms with Gasteiger partial charge in [-0.3, -0.25) is 0 Å². The van der Waals surface area contributed by atoms with Crippen LogP contribution in [0.25, 0.3) is 5.69 Å². The van der Waals surface area contributed by atoms with Crippen LogP contribution in [-0.4, -0.2) is 16.3 Å². The molecule has 2 rings (SSSR count). The van der Waals surface area contributed by atoms with Gasteiger partial charge < -0.3 is 5.32 Å².